The fourth-order valence-corrected chi connectivity index (χ4v) is 9.38. The van der Waals surface area contributed by atoms with Crippen molar-refractivity contribution in [3.05, 3.63) is 255 Å². The monoisotopic (exact) mass is 950 g/mol. The van der Waals surface area contributed by atoms with Crippen LogP contribution >= 0.6 is 0 Å². The minimum atomic E-state index is 0.471. The molecule has 3 aromatic heterocycles. The molecule has 0 N–H and O–H groups in total. The summed E-state index contributed by atoms with van der Waals surface area (Å²) in [5.41, 5.74) is 12.9. The quantitative estimate of drug-likeness (QED) is 0.131. The van der Waals surface area contributed by atoms with Crippen LogP contribution in [0.2, 0.25) is 0 Å². The molecule has 0 fully saturated rings. The summed E-state index contributed by atoms with van der Waals surface area (Å²) in [4.78, 5) is 46.3. The van der Waals surface area contributed by atoms with Crippen LogP contribution in [-0.2, 0) is 0 Å². The maximum absolute atomic E-state index is 5.34. The molecule has 10 nitrogen and oxygen atoms in total. The Morgan fingerprint density at radius 3 is 0.865 bits per heavy atom. The van der Waals surface area contributed by atoms with Gasteiger partial charge in [0, 0.05) is 44.5 Å². The molecule has 12 aromatic rings. The Bertz CT molecular complexity index is 3740. The molecule has 74 heavy (non-hydrogen) atoms. The highest BCUT2D eigenvalue weighted by atomic mass is 15.3. The van der Waals surface area contributed by atoms with Crippen LogP contribution in [0.1, 0.15) is 0 Å². The standard InChI is InChI=1S/C64H42N10/c1-7-23-43(24-8-1)51-42-52(44-25-9-2-10-26-44)66-64(65-51)74-56-37-21-19-35-54(56)73(55-36-20-22-38-57(55)74)53-40-39-49(62-69-58(45-27-11-3-12-28-45)67-59(70-62)46-29-13-4-14-30-46)41-50(53)63-71-60(47-31-15-5-16-32-47)68-61(72-63)48-33-17-6-18-34-48/h1-42H. The number of para-hydroxylation sites is 4. The van der Waals surface area contributed by atoms with Crippen molar-refractivity contribution < 1.29 is 0 Å². The van der Waals surface area contributed by atoms with Crippen molar-refractivity contribution in [2.24, 2.45) is 0 Å². The number of rotatable bonds is 10. The number of hydrogen-bond acceptors (Lipinski definition) is 10. The zero-order chi connectivity index (χ0) is 49.2. The van der Waals surface area contributed by atoms with Crippen molar-refractivity contribution in [1.29, 1.82) is 0 Å². The van der Waals surface area contributed by atoms with Crippen molar-refractivity contribution in [3.63, 3.8) is 0 Å². The van der Waals surface area contributed by atoms with E-state index in [0.29, 0.717) is 40.9 Å². The van der Waals surface area contributed by atoms with E-state index in [-0.39, 0.29) is 0 Å². The van der Waals surface area contributed by atoms with E-state index in [1.165, 1.54) is 0 Å². The predicted molar refractivity (Wildman–Crippen MR) is 295 cm³/mol. The molecule has 0 saturated heterocycles. The summed E-state index contributed by atoms with van der Waals surface area (Å²) >= 11 is 0. The zero-order valence-corrected chi connectivity index (χ0v) is 39.7. The number of fused-ring (bicyclic) bond motifs is 2. The first kappa shape index (κ1) is 43.7. The topological polar surface area (TPSA) is 110 Å². The normalized spacial score (nSPS) is 11.7. The molecule has 4 heterocycles. The molecule has 1 aliphatic heterocycles. The molecule has 0 radical (unpaired) electrons. The number of hydrogen-bond donors (Lipinski definition) is 0. The Morgan fingerprint density at radius 1 is 0.203 bits per heavy atom. The average molecular weight is 951 g/mol. The van der Waals surface area contributed by atoms with E-state index in [9.17, 15) is 0 Å². The van der Waals surface area contributed by atoms with E-state index in [0.717, 1.165) is 84.3 Å². The van der Waals surface area contributed by atoms with Gasteiger partial charge in [-0.25, -0.2) is 39.9 Å². The van der Waals surface area contributed by atoms with Crippen LogP contribution in [0.5, 0.6) is 0 Å². The molecule has 10 heteroatoms. The van der Waals surface area contributed by atoms with Crippen LogP contribution < -0.4 is 9.80 Å². The van der Waals surface area contributed by atoms with Gasteiger partial charge in [0.15, 0.2) is 34.9 Å². The van der Waals surface area contributed by atoms with Crippen LogP contribution in [0.4, 0.5) is 34.4 Å². The highest BCUT2D eigenvalue weighted by molar-refractivity contribution is 6.03. The Kier molecular flexibility index (Phi) is 11.3. The fourth-order valence-electron chi connectivity index (χ4n) is 9.38. The first-order chi connectivity index (χ1) is 36.7. The van der Waals surface area contributed by atoms with Crippen molar-refractivity contribution in [1.82, 2.24) is 39.9 Å². The Labute approximate surface area is 427 Å². The summed E-state index contributed by atoms with van der Waals surface area (Å²) < 4.78 is 0. The maximum Gasteiger partial charge on any atom is 0.235 e. The molecule has 0 bridgehead atoms. The second kappa shape index (κ2) is 19.1. The van der Waals surface area contributed by atoms with Crippen LogP contribution in [0.15, 0.2) is 255 Å². The largest absolute Gasteiger partial charge is 0.306 e. The third kappa shape index (κ3) is 8.37. The van der Waals surface area contributed by atoms with E-state index < -0.39 is 0 Å². The van der Waals surface area contributed by atoms with Crippen molar-refractivity contribution in [2.45, 2.75) is 0 Å². The van der Waals surface area contributed by atoms with Crippen molar-refractivity contribution in [3.8, 4) is 90.8 Å². The minimum Gasteiger partial charge on any atom is -0.306 e. The number of benzene rings is 9. The molecule has 0 aliphatic carbocycles. The van der Waals surface area contributed by atoms with E-state index in [1.54, 1.807) is 0 Å². The van der Waals surface area contributed by atoms with Crippen molar-refractivity contribution >= 4 is 34.4 Å². The third-order valence-electron chi connectivity index (χ3n) is 12.9. The van der Waals surface area contributed by atoms with E-state index in [1.807, 2.05) is 158 Å². The SMILES string of the molecule is c1ccc(-c2cc(-c3ccccc3)nc(N3c4ccccc4N(c4ccc(-c5nc(-c6ccccc6)nc(-c6ccccc6)n5)cc4-c4nc(-c5ccccc5)nc(-c5ccccc5)n4)c4ccccc43)n2)cc1. The van der Waals surface area contributed by atoms with Gasteiger partial charge in [0.1, 0.15) is 0 Å². The molecular weight excluding hydrogens is 909 g/mol. The summed E-state index contributed by atoms with van der Waals surface area (Å²) in [5, 5.41) is 0. The molecular formula is C64H42N10. The van der Waals surface area contributed by atoms with Gasteiger partial charge in [-0.3, -0.25) is 4.90 Å². The molecule has 0 spiro atoms. The number of aromatic nitrogens is 8. The summed E-state index contributed by atoms with van der Waals surface area (Å²) in [7, 11) is 0. The molecule has 0 unspecified atom stereocenters. The molecule has 0 saturated carbocycles. The van der Waals surface area contributed by atoms with Crippen LogP contribution in [-0.4, -0.2) is 39.9 Å². The van der Waals surface area contributed by atoms with Gasteiger partial charge < -0.3 is 4.90 Å². The first-order valence-corrected chi connectivity index (χ1v) is 24.4. The lowest BCUT2D eigenvalue weighted by atomic mass is 10.0. The highest BCUT2D eigenvalue weighted by Crippen LogP contribution is 2.55. The summed E-state index contributed by atoms with van der Waals surface area (Å²) in [6, 6.07) is 85.7. The van der Waals surface area contributed by atoms with Crippen LogP contribution in [0.3, 0.4) is 0 Å². The molecule has 0 atom stereocenters. The summed E-state index contributed by atoms with van der Waals surface area (Å²) in [6.07, 6.45) is 0. The van der Waals surface area contributed by atoms with Gasteiger partial charge in [-0.15, -0.1) is 0 Å². The van der Waals surface area contributed by atoms with Gasteiger partial charge in [0.2, 0.25) is 5.95 Å². The molecule has 13 rings (SSSR count). The maximum atomic E-state index is 5.34. The van der Waals surface area contributed by atoms with Gasteiger partial charge in [0.05, 0.1) is 39.8 Å². The predicted octanol–water partition coefficient (Wildman–Crippen LogP) is 15.4. The lowest BCUT2D eigenvalue weighted by Gasteiger charge is -2.40. The zero-order valence-electron chi connectivity index (χ0n) is 39.7. The first-order valence-electron chi connectivity index (χ1n) is 24.4. The van der Waals surface area contributed by atoms with E-state index in [2.05, 4.69) is 107 Å². The molecule has 9 aromatic carbocycles. The minimum absolute atomic E-state index is 0.471. The fraction of sp³-hybridized carbons (Fsp3) is 0. The van der Waals surface area contributed by atoms with Crippen LogP contribution in [0, 0.1) is 0 Å². The second-order valence-electron chi connectivity index (χ2n) is 17.6. The third-order valence-corrected chi connectivity index (χ3v) is 12.9. The molecule has 348 valence electrons. The number of nitrogens with zero attached hydrogens (tertiary/aromatic N) is 10. The van der Waals surface area contributed by atoms with Crippen LogP contribution in [0.25, 0.3) is 90.8 Å². The second-order valence-corrected chi connectivity index (χ2v) is 17.6. The molecule has 0 amide bonds. The number of anilines is 6. The average Bonchev–Trinajstić information content (AvgIpc) is 3.49. The van der Waals surface area contributed by atoms with Gasteiger partial charge in [-0.2, -0.15) is 0 Å². The van der Waals surface area contributed by atoms with Gasteiger partial charge in [0.25, 0.3) is 0 Å². The Hall–Kier alpha value is -10.3. The lowest BCUT2D eigenvalue weighted by Crippen LogP contribution is -2.25. The highest BCUT2D eigenvalue weighted by Gasteiger charge is 2.34. The Morgan fingerprint density at radius 2 is 0.500 bits per heavy atom. The van der Waals surface area contributed by atoms with Crippen molar-refractivity contribution in [2.75, 3.05) is 9.80 Å². The van der Waals surface area contributed by atoms with Gasteiger partial charge in [-0.1, -0.05) is 206 Å². The molecule has 1 aliphatic rings. The summed E-state index contributed by atoms with van der Waals surface area (Å²) in [6.45, 7) is 0. The Balaban J connectivity index is 1.05. The van der Waals surface area contributed by atoms with E-state index >= 15 is 0 Å². The smallest absolute Gasteiger partial charge is 0.235 e. The summed E-state index contributed by atoms with van der Waals surface area (Å²) in [5.74, 6) is 3.71. The van der Waals surface area contributed by atoms with E-state index in [4.69, 9.17) is 39.9 Å². The van der Waals surface area contributed by atoms with Gasteiger partial charge in [-0.05, 0) is 48.5 Å². The lowest BCUT2D eigenvalue weighted by molar-refractivity contribution is 1.05. The van der Waals surface area contributed by atoms with Gasteiger partial charge >= 0.3 is 0 Å².